The lowest BCUT2D eigenvalue weighted by molar-refractivity contribution is -0.284. The van der Waals surface area contributed by atoms with Gasteiger partial charge in [-0.1, -0.05) is 0 Å². The van der Waals surface area contributed by atoms with Crippen molar-refractivity contribution < 1.29 is 35.2 Å². The number of carbonyl (C=O) groups excluding carboxylic acids is 1. The van der Waals surface area contributed by atoms with Gasteiger partial charge in [-0.3, -0.25) is 14.1 Å². The van der Waals surface area contributed by atoms with E-state index in [0.29, 0.717) is 35.0 Å². The fourth-order valence-electron chi connectivity index (χ4n) is 4.16. The number of aryl methyl sites for hydroxylation is 1. The van der Waals surface area contributed by atoms with Gasteiger partial charge in [-0.15, -0.1) is 23.1 Å². The number of carbonyl (C=O) groups is 1. The lowest BCUT2D eigenvalue weighted by Gasteiger charge is -2.19. The van der Waals surface area contributed by atoms with Crippen molar-refractivity contribution in [2.75, 3.05) is 21.9 Å². The Hall–Kier alpha value is -2.72. The van der Waals surface area contributed by atoms with Crippen LogP contribution in [0.1, 0.15) is 42.7 Å². The number of alkyl halides is 5. The maximum Gasteiger partial charge on any atom is 0.453 e. The summed E-state index contributed by atoms with van der Waals surface area (Å²) in [6, 6.07) is 5.71. The molecule has 0 saturated carbocycles. The predicted molar refractivity (Wildman–Crippen MR) is 143 cm³/mol. The molecular weight excluding hydrogens is 599 g/mol. The Bertz CT molecular complexity index is 1540. The van der Waals surface area contributed by atoms with Crippen molar-refractivity contribution in [3.05, 3.63) is 45.3 Å². The highest BCUT2D eigenvalue weighted by Crippen LogP contribution is 2.41. The molecule has 1 amide bonds. The molecule has 0 bridgehead atoms. The number of fused-ring (bicyclic) bond motifs is 1. The summed E-state index contributed by atoms with van der Waals surface area (Å²) in [7, 11) is -4.21. The van der Waals surface area contributed by atoms with Crippen molar-refractivity contribution in [2.45, 2.75) is 67.2 Å². The first-order valence-corrected chi connectivity index (χ1v) is 15.4. The second-order valence-electron chi connectivity index (χ2n) is 9.21. The highest BCUT2D eigenvalue weighted by Gasteiger charge is 2.56. The molecule has 3 aliphatic heterocycles. The minimum absolute atomic E-state index is 0.0352. The van der Waals surface area contributed by atoms with Crippen LogP contribution >= 0.6 is 23.1 Å². The highest BCUT2D eigenvalue weighted by atomic mass is 32.2. The molecule has 218 valence electrons. The second-order valence-corrected chi connectivity index (χ2v) is 13.5. The number of unbranched alkanes of at least 4 members (excludes halogenated alkanes) is 1. The van der Waals surface area contributed by atoms with Gasteiger partial charge in [-0.05, 0) is 63.1 Å². The molecule has 0 radical (unpaired) electrons. The van der Waals surface area contributed by atoms with Crippen LogP contribution in [0.5, 0.6) is 0 Å². The molecule has 4 rings (SSSR count). The van der Waals surface area contributed by atoms with Gasteiger partial charge in [0.15, 0.2) is 5.82 Å². The molecule has 1 N–H and O–H groups in total. The molecule has 0 aromatic heterocycles. The van der Waals surface area contributed by atoms with Crippen molar-refractivity contribution in [1.29, 1.82) is 0 Å². The maximum absolute atomic E-state index is 13.2. The van der Waals surface area contributed by atoms with Gasteiger partial charge in [0, 0.05) is 35.6 Å². The van der Waals surface area contributed by atoms with Crippen molar-refractivity contribution >= 4 is 50.5 Å². The standard InChI is InChI=1S/C24H25F5N4O4S3/c1-14-15(2)39-21(38-13-4-3-11-23(25,26)24(27,28)29)19-20(30-22(35)33(14)19)31-40(36,37)17-9-7-16(8-10-17)32-12-5-6-18(32)34/h7-10H,3-6,11-13H2,1-2H3,(H,30,31,35). The topological polar surface area (TPSA) is 101 Å². The number of sulfonamides is 1. The molecule has 1 saturated heterocycles. The Morgan fingerprint density at radius 2 is 1.75 bits per heavy atom. The molecule has 0 spiro atoms. The molecule has 3 heterocycles. The Morgan fingerprint density at radius 3 is 2.35 bits per heavy atom. The van der Waals surface area contributed by atoms with Crippen LogP contribution in [-0.4, -0.2) is 48.3 Å². The minimum Gasteiger partial charge on any atom is -0.312 e. The molecular formula is C24H25F5N4O4S3. The van der Waals surface area contributed by atoms with Crippen LogP contribution in [-0.2, 0) is 14.8 Å². The van der Waals surface area contributed by atoms with Gasteiger partial charge in [0.25, 0.3) is 10.0 Å². The number of nitrogens with zero attached hydrogens (tertiary/aromatic N) is 3. The lowest BCUT2D eigenvalue weighted by Crippen LogP contribution is -2.36. The number of halogens is 5. The van der Waals surface area contributed by atoms with Gasteiger partial charge < -0.3 is 4.90 Å². The van der Waals surface area contributed by atoms with Crippen LogP contribution < -0.4 is 15.3 Å². The fourth-order valence-corrected chi connectivity index (χ4v) is 7.69. The quantitative estimate of drug-likeness (QED) is 0.176. The average molecular weight is 625 g/mol. The molecule has 1 aromatic rings. The van der Waals surface area contributed by atoms with E-state index in [2.05, 4.69) is 9.71 Å². The summed E-state index contributed by atoms with van der Waals surface area (Å²) in [5.74, 6) is -4.89. The molecule has 0 aliphatic carbocycles. The van der Waals surface area contributed by atoms with E-state index in [4.69, 9.17) is 0 Å². The SMILES string of the molecule is Cc1sc(SCCCCC(F)(F)C(F)(F)F)c2c(NS(=O)(=O)c3ccc(N4CCCC4=O)cc3)nc(=O)n-2c1C. The smallest absolute Gasteiger partial charge is 0.312 e. The Kier molecular flexibility index (Phi) is 8.53. The summed E-state index contributed by atoms with van der Waals surface area (Å²) in [4.78, 5) is 30.8. The average Bonchev–Trinajstić information content (AvgIpc) is 3.43. The third-order valence-corrected chi connectivity index (χ3v) is 10.3. The van der Waals surface area contributed by atoms with Crippen molar-refractivity contribution in [1.82, 2.24) is 9.55 Å². The summed E-state index contributed by atoms with van der Waals surface area (Å²) < 4.78 is 94.0. The van der Waals surface area contributed by atoms with Gasteiger partial charge in [0.2, 0.25) is 5.91 Å². The van der Waals surface area contributed by atoms with Crippen LogP contribution in [0.15, 0.2) is 38.2 Å². The number of benzene rings is 1. The molecule has 1 aromatic carbocycles. The zero-order valence-corrected chi connectivity index (χ0v) is 23.8. The van der Waals surface area contributed by atoms with Crippen molar-refractivity contribution in [2.24, 2.45) is 0 Å². The number of amides is 1. The third kappa shape index (κ3) is 6.12. The van der Waals surface area contributed by atoms with Crippen molar-refractivity contribution in [3.8, 4) is 5.69 Å². The summed E-state index contributed by atoms with van der Waals surface area (Å²) in [5.41, 5.74) is 0.536. The van der Waals surface area contributed by atoms with Gasteiger partial charge in [-0.2, -0.15) is 26.9 Å². The van der Waals surface area contributed by atoms with Crippen LogP contribution in [0.4, 0.5) is 33.5 Å². The first kappa shape index (κ1) is 30.2. The monoisotopic (exact) mass is 624 g/mol. The number of thioether (sulfide) groups is 1. The van der Waals surface area contributed by atoms with Gasteiger partial charge in [-0.25, -0.2) is 13.2 Å². The number of hydrogen-bond donors (Lipinski definition) is 1. The predicted octanol–water partition coefficient (Wildman–Crippen LogP) is 5.74. The van der Waals surface area contributed by atoms with Crippen LogP contribution in [0.25, 0.3) is 5.69 Å². The van der Waals surface area contributed by atoms with E-state index in [9.17, 15) is 40.0 Å². The zero-order chi connectivity index (χ0) is 29.5. The Labute approximate surface area is 235 Å². The van der Waals surface area contributed by atoms with Crippen molar-refractivity contribution in [3.63, 3.8) is 0 Å². The summed E-state index contributed by atoms with van der Waals surface area (Å²) in [5, 5.41) is 0. The van der Waals surface area contributed by atoms with E-state index in [-0.39, 0.29) is 40.9 Å². The van der Waals surface area contributed by atoms with Crippen LogP contribution in [0.3, 0.4) is 0 Å². The zero-order valence-electron chi connectivity index (χ0n) is 21.3. The van der Waals surface area contributed by atoms with Crippen LogP contribution in [0.2, 0.25) is 0 Å². The number of anilines is 2. The van der Waals surface area contributed by atoms with E-state index in [0.717, 1.165) is 16.6 Å². The molecule has 0 atom stereocenters. The second kappa shape index (κ2) is 11.3. The summed E-state index contributed by atoms with van der Waals surface area (Å²) in [6.45, 7) is 3.94. The fraction of sp³-hybridized carbons (Fsp3) is 0.458. The first-order valence-electron chi connectivity index (χ1n) is 12.2. The molecule has 1 fully saturated rings. The number of hydrogen-bond acceptors (Lipinski definition) is 7. The third-order valence-electron chi connectivity index (χ3n) is 6.43. The number of aromatic nitrogens is 2. The van der Waals surface area contributed by atoms with E-state index in [1.807, 2.05) is 0 Å². The lowest BCUT2D eigenvalue weighted by atomic mass is 10.1. The first-order chi connectivity index (χ1) is 18.6. The van der Waals surface area contributed by atoms with Gasteiger partial charge >= 0.3 is 17.8 Å². The van der Waals surface area contributed by atoms with E-state index >= 15 is 0 Å². The Balaban J connectivity index is 1.55. The number of nitrogens with one attached hydrogen (secondary N) is 1. The van der Waals surface area contributed by atoms with Crippen LogP contribution in [0, 0.1) is 13.8 Å². The van der Waals surface area contributed by atoms with E-state index in [1.54, 1.807) is 18.7 Å². The number of imidazole rings is 1. The summed E-state index contributed by atoms with van der Waals surface area (Å²) in [6.07, 6.45) is -6.15. The Morgan fingerprint density at radius 1 is 1.07 bits per heavy atom. The normalized spacial score (nSPS) is 14.9. The molecule has 16 heteroatoms. The number of rotatable bonds is 10. The summed E-state index contributed by atoms with van der Waals surface area (Å²) >= 11 is 2.35. The van der Waals surface area contributed by atoms with Gasteiger partial charge in [0.1, 0.15) is 5.69 Å². The van der Waals surface area contributed by atoms with E-state index < -0.39 is 34.2 Å². The molecule has 0 unspecified atom stereocenters. The highest BCUT2D eigenvalue weighted by molar-refractivity contribution is 8.01. The minimum atomic E-state index is -5.61. The maximum atomic E-state index is 13.2. The largest absolute Gasteiger partial charge is 0.453 e. The molecule has 8 nitrogen and oxygen atoms in total. The molecule has 40 heavy (non-hydrogen) atoms. The molecule has 3 aliphatic rings. The van der Waals surface area contributed by atoms with E-state index in [1.165, 1.54) is 40.2 Å². The van der Waals surface area contributed by atoms with Gasteiger partial charge in [0.05, 0.1) is 9.10 Å².